The predicted octanol–water partition coefficient (Wildman–Crippen LogP) is 4.92. The van der Waals surface area contributed by atoms with Gasteiger partial charge in [-0.1, -0.05) is 48.5 Å². The molecule has 0 unspecified atom stereocenters. The highest BCUT2D eigenvalue weighted by Gasteiger charge is 2.20. The number of anilines is 1. The molecule has 0 fully saturated rings. The molecular weight excluding hydrogens is 394 g/mol. The Balaban J connectivity index is 1.42. The summed E-state index contributed by atoms with van der Waals surface area (Å²) in [6, 6.07) is 21.8. The summed E-state index contributed by atoms with van der Waals surface area (Å²) in [7, 11) is 0. The monoisotopic (exact) mass is 415 g/mol. The Morgan fingerprint density at radius 2 is 1.77 bits per heavy atom. The van der Waals surface area contributed by atoms with Crippen LogP contribution >= 0.6 is 0 Å². The number of para-hydroxylation sites is 1. The summed E-state index contributed by atoms with van der Waals surface area (Å²) in [4.78, 5) is 25.0. The molecule has 0 aliphatic carbocycles. The van der Waals surface area contributed by atoms with Crippen LogP contribution in [0.5, 0.6) is 5.75 Å². The molecule has 6 heteroatoms. The predicted molar refractivity (Wildman–Crippen MR) is 118 cm³/mol. The van der Waals surface area contributed by atoms with Crippen molar-refractivity contribution in [3.63, 3.8) is 0 Å². The summed E-state index contributed by atoms with van der Waals surface area (Å²) in [5.74, 6) is -0.884. The Hall–Kier alpha value is -4.06. The SMILES string of the molecule is C[C@H](OC(=O)Cc1coc2cc(O)ccc12)C(=O)Nc1ccccc1-c1ccccc1. The molecule has 31 heavy (non-hydrogen) atoms. The number of benzene rings is 3. The average molecular weight is 415 g/mol. The fraction of sp³-hybridized carbons (Fsp3) is 0.120. The summed E-state index contributed by atoms with van der Waals surface area (Å²) in [6.07, 6.45) is 0.431. The maximum Gasteiger partial charge on any atom is 0.311 e. The number of amides is 1. The summed E-state index contributed by atoms with van der Waals surface area (Å²) >= 11 is 0. The van der Waals surface area contributed by atoms with Gasteiger partial charge in [-0.2, -0.15) is 0 Å². The second-order valence-electron chi connectivity index (χ2n) is 7.15. The van der Waals surface area contributed by atoms with E-state index < -0.39 is 18.0 Å². The number of phenolic OH excluding ortho intramolecular Hbond substituents is 1. The number of nitrogens with one attached hydrogen (secondary N) is 1. The maximum absolute atomic E-state index is 12.6. The largest absolute Gasteiger partial charge is 0.508 e. The fourth-order valence-corrected chi connectivity index (χ4v) is 3.35. The Morgan fingerprint density at radius 3 is 2.58 bits per heavy atom. The molecular formula is C25H21NO5. The summed E-state index contributed by atoms with van der Waals surface area (Å²) in [5.41, 5.74) is 3.60. The minimum Gasteiger partial charge on any atom is -0.508 e. The molecule has 4 rings (SSSR count). The van der Waals surface area contributed by atoms with Crippen molar-refractivity contribution < 1.29 is 23.8 Å². The van der Waals surface area contributed by atoms with Crippen molar-refractivity contribution >= 4 is 28.5 Å². The molecule has 0 saturated carbocycles. The van der Waals surface area contributed by atoms with Gasteiger partial charge in [-0.3, -0.25) is 9.59 Å². The van der Waals surface area contributed by atoms with Crippen LogP contribution in [0.4, 0.5) is 5.69 Å². The van der Waals surface area contributed by atoms with Gasteiger partial charge in [0.15, 0.2) is 6.10 Å². The first kappa shape index (κ1) is 20.2. The first-order valence-corrected chi connectivity index (χ1v) is 9.85. The van der Waals surface area contributed by atoms with E-state index in [-0.39, 0.29) is 12.2 Å². The van der Waals surface area contributed by atoms with Crippen LogP contribution in [0.25, 0.3) is 22.1 Å². The number of hydrogen-bond acceptors (Lipinski definition) is 5. The topological polar surface area (TPSA) is 88.8 Å². The van der Waals surface area contributed by atoms with Crippen LogP contribution in [0.2, 0.25) is 0 Å². The zero-order valence-corrected chi connectivity index (χ0v) is 16.9. The van der Waals surface area contributed by atoms with Gasteiger partial charge in [-0.15, -0.1) is 0 Å². The first-order valence-electron chi connectivity index (χ1n) is 9.85. The molecule has 0 radical (unpaired) electrons. The van der Waals surface area contributed by atoms with Crippen LogP contribution in [-0.2, 0) is 20.7 Å². The lowest BCUT2D eigenvalue weighted by atomic mass is 10.0. The van der Waals surface area contributed by atoms with Crippen LogP contribution in [0.3, 0.4) is 0 Å². The van der Waals surface area contributed by atoms with Crippen molar-refractivity contribution in [2.24, 2.45) is 0 Å². The van der Waals surface area contributed by atoms with E-state index >= 15 is 0 Å². The molecule has 4 aromatic rings. The quantitative estimate of drug-likeness (QED) is 0.437. The van der Waals surface area contributed by atoms with E-state index in [0.717, 1.165) is 11.1 Å². The van der Waals surface area contributed by atoms with Crippen molar-refractivity contribution in [2.45, 2.75) is 19.4 Å². The molecule has 156 valence electrons. The Bertz CT molecular complexity index is 1230. The Kier molecular flexibility index (Phi) is 5.71. The van der Waals surface area contributed by atoms with E-state index in [2.05, 4.69) is 5.32 Å². The van der Waals surface area contributed by atoms with E-state index in [4.69, 9.17) is 9.15 Å². The van der Waals surface area contributed by atoms with E-state index in [9.17, 15) is 14.7 Å². The van der Waals surface area contributed by atoms with Gasteiger partial charge in [0.05, 0.1) is 12.7 Å². The maximum atomic E-state index is 12.6. The van der Waals surface area contributed by atoms with Gasteiger partial charge in [0.1, 0.15) is 11.3 Å². The highest BCUT2D eigenvalue weighted by atomic mass is 16.5. The van der Waals surface area contributed by atoms with E-state index in [1.807, 2.05) is 54.6 Å². The second-order valence-corrected chi connectivity index (χ2v) is 7.15. The smallest absolute Gasteiger partial charge is 0.311 e. The number of aromatic hydroxyl groups is 1. The van der Waals surface area contributed by atoms with E-state index in [0.29, 0.717) is 22.2 Å². The van der Waals surface area contributed by atoms with Gasteiger partial charge >= 0.3 is 5.97 Å². The van der Waals surface area contributed by atoms with Gasteiger partial charge in [0.25, 0.3) is 5.91 Å². The normalized spacial score (nSPS) is 11.8. The number of rotatable bonds is 6. The standard InChI is InChI=1S/C25H21NO5/c1-16(31-24(28)13-18-15-30-23-14-19(27)11-12-21(18)23)25(29)26-22-10-6-5-9-20(22)17-7-3-2-4-8-17/h2-12,14-16,27H,13H2,1H3,(H,26,29)/t16-/m0/s1. The lowest BCUT2D eigenvalue weighted by Crippen LogP contribution is -2.30. The number of carbonyl (C=O) groups excluding carboxylic acids is 2. The molecule has 0 aliphatic rings. The first-order chi connectivity index (χ1) is 15.0. The van der Waals surface area contributed by atoms with Crippen LogP contribution in [0.15, 0.2) is 83.5 Å². The summed E-state index contributed by atoms with van der Waals surface area (Å²) in [5, 5.41) is 13.1. The van der Waals surface area contributed by atoms with Crippen molar-refractivity contribution in [1.82, 2.24) is 0 Å². The lowest BCUT2D eigenvalue weighted by molar-refractivity contribution is -0.152. The number of phenols is 1. The third-order valence-electron chi connectivity index (χ3n) is 4.92. The molecule has 0 aliphatic heterocycles. The molecule has 1 aromatic heterocycles. The number of carbonyl (C=O) groups is 2. The van der Waals surface area contributed by atoms with E-state index in [1.165, 1.54) is 25.3 Å². The molecule has 0 spiro atoms. The van der Waals surface area contributed by atoms with Gasteiger partial charge in [0.2, 0.25) is 0 Å². The molecule has 0 bridgehead atoms. The highest BCUT2D eigenvalue weighted by Crippen LogP contribution is 2.28. The van der Waals surface area contributed by atoms with Crippen molar-refractivity contribution in [2.75, 3.05) is 5.32 Å². The molecule has 6 nitrogen and oxygen atoms in total. The van der Waals surface area contributed by atoms with Crippen LogP contribution in [0, 0.1) is 0 Å². The molecule has 1 amide bonds. The zero-order valence-electron chi connectivity index (χ0n) is 16.9. The summed E-state index contributed by atoms with van der Waals surface area (Å²) < 4.78 is 10.7. The number of hydrogen-bond donors (Lipinski definition) is 2. The van der Waals surface area contributed by atoms with Gasteiger partial charge < -0.3 is 19.6 Å². The van der Waals surface area contributed by atoms with Crippen LogP contribution in [0.1, 0.15) is 12.5 Å². The zero-order chi connectivity index (χ0) is 21.8. The van der Waals surface area contributed by atoms with Gasteiger partial charge in [-0.05, 0) is 30.7 Å². The molecule has 2 N–H and O–H groups in total. The third kappa shape index (κ3) is 4.59. The van der Waals surface area contributed by atoms with Crippen LogP contribution in [-0.4, -0.2) is 23.1 Å². The van der Waals surface area contributed by atoms with Gasteiger partial charge in [-0.25, -0.2) is 0 Å². The fourth-order valence-electron chi connectivity index (χ4n) is 3.35. The van der Waals surface area contributed by atoms with Crippen molar-refractivity contribution in [3.05, 3.63) is 84.6 Å². The van der Waals surface area contributed by atoms with Gasteiger partial charge in [0, 0.05) is 28.3 Å². The van der Waals surface area contributed by atoms with Crippen LogP contribution < -0.4 is 5.32 Å². The Morgan fingerprint density at radius 1 is 1.03 bits per heavy atom. The second kappa shape index (κ2) is 8.75. The van der Waals surface area contributed by atoms with Crippen molar-refractivity contribution in [3.8, 4) is 16.9 Å². The van der Waals surface area contributed by atoms with E-state index in [1.54, 1.807) is 6.07 Å². The van der Waals surface area contributed by atoms with Crippen molar-refractivity contribution in [1.29, 1.82) is 0 Å². The highest BCUT2D eigenvalue weighted by molar-refractivity contribution is 5.98. The number of ether oxygens (including phenoxy) is 1. The number of esters is 1. The molecule has 3 aromatic carbocycles. The Labute approximate surface area is 179 Å². The third-order valence-corrected chi connectivity index (χ3v) is 4.92. The number of fused-ring (bicyclic) bond motifs is 1. The molecule has 0 saturated heterocycles. The minimum absolute atomic E-state index is 0.0456. The lowest BCUT2D eigenvalue weighted by Gasteiger charge is -2.16. The molecule has 1 heterocycles. The summed E-state index contributed by atoms with van der Waals surface area (Å²) in [6.45, 7) is 1.53. The number of furan rings is 1. The molecule has 1 atom stereocenters. The minimum atomic E-state index is -0.974. The average Bonchev–Trinajstić information content (AvgIpc) is 3.16.